The van der Waals surface area contributed by atoms with E-state index in [9.17, 15) is 45.9 Å². The lowest BCUT2D eigenvalue weighted by molar-refractivity contribution is -0.271. The lowest BCUT2D eigenvalue weighted by atomic mass is 9.93. The highest BCUT2D eigenvalue weighted by Gasteiger charge is 2.65. The number of rotatable bonds is 10. The van der Waals surface area contributed by atoms with Crippen molar-refractivity contribution >= 4 is 29.4 Å². The number of ether oxygens (including phenoxy) is 1. The Labute approximate surface area is 250 Å². The first-order valence-electron chi connectivity index (χ1n) is 14.2. The van der Waals surface area contributed by atoms with Crippen molar-refractivity contribution in [2.45, 2.75) is 70.8 Å². The monoisotopic (exact) mass is 633 g/mol. The predicted octanol–water partition coefficient (Wildman–Crippen LogP) is 2.21. The molecule has 3 atom stereocenters. The van der Waals surface area contributed by atoms with Gasteiger partial charge in [0.15, 0.2) is 0 Å². The molecular formula is C28H36F5N5O6. The molecule has 4 amide bonds. The fourth-order valence-corrected chi connectivity index (χ4v) is 5.19. The highest BCUT2D eigenvalue weighted by molar-refractivity contribution is 6.04. The summed E-state index contributed by atoms with van der Waals surface area (Å²) in [6.07, 6.45) is -4.73. The van der Waals surface area contributed by atoms with Gasteiger partial charge in [-0.1, -0.05) is 27.7 Å². The molecule has 244 valence electrons. The fraction of sp³-hybridized carbons (Fsp3) is 0.643. The van der Waals surface area contributed by atoms with Gasteiger partial charge in [-0.25, -0.2) is 0 Å². The van der Waals surface area contributed by atoms with Gasteiger partial charge in [-0.2, -0.15) is 22.0 Å². The first-order chi connectivity index (χ1) is 20.5. The van der Waals surface area contributed by atoms with Crippen LogP contribution in [-0.4, -0.2) is 107 Å². The molecule has 2 aliphatic heterocycles. The zero-order valence-corrected chi connectivity index (χ0v) is 24.7. The Morgan fingerprint density at radius 1 is 0.955 bits per heavy atom. The van der Waals surface area contributed by atoms with E-state index in [-0.39, 0.29) is 36.6 Å². The van der Waals surface area contributed by atoms with Gasteiger partial charge in [-0.05, 0) is 43.4 Å². The maximum atomic E-state index is 14.0. The van der Waals surface area contributed by atoms with Crippen molar-refractivity contribution in [2.75, 3.05) is 32.8 Å². The third-order valence-electron chi connectivity index (χ3n) is 7.54. The maximum Gasteiger partial charge on any atom is 0.461 e. The van der Waals surface area contributed by atoms with Gasteiger partial charge in [-0.15, -0.1) is 0 Å². The predicted molar refractivity (Wildman–Crippen MR) is 145 cm³/mol. The van der Waals surface area contributed by atoms with Crippen LogP contribution in [0.5, 0.6) is 0 Å². The first kappa shape index (κ1) is 35.0. The summed E-state index contributed by atoms with van der Waals surface area (Å²) >= 11 is 0. The number of nitrogens with one attached hydrogen (secondary N) is 2. The molecule has 0 bridgehead atoms. The number of nitrogens with zero attached hydrogens (tertiary/aromatic N) is 3. The highest BCUT2D eigenvalue weighted by Crippen LogP contribution is 2.39. The lowest BCUT2D eigenvalue weighted by Crippen LogP contribution is -2.60. The minimum Gasteiger partial charge on any atom is -0.378 e. The number of halogens is 5. The lowest BCUT2D eigenvalue weighted by Gasteiger charge is -2.36. The number of likely N-dealkylation sites (tertiary alicyclic amines) is 1. The Morgan fingerprint density at radius 3 is 2.11 bits per heavy atom. The molecule has 2 N–H and O–H groups in total. The van der Waals surface area contributed by atoms with Gasteiger partial charge in [0.05, 0.1) is 30.9 Å². The van der Waals surface area contributed by atoms with Crippen molar-refractivity contribution in [3.63, 3.8) is 0 Å². The normalized spacial score (nSPS) is 19.5. The van der Waals surface area contributed by atoms with Crippen molar-refractivity contribution in [1.82, 2.24) is 25.4 Å². The van der Waals surface area contributed by atoms with E-state index in [0.29, 0.717) is 26.3 Å². The summed E-state index contributed by atoms with van der Waals surface area (Å²) in [6, 6.07) is -1.81. The Kier molecular flexibility index (Phi) is 11.2. The molecule has 1 aromatic rings. The van der Waals surface area contributed by atoms with Crippen LogP contribution in [0, 0.1) is 11.8 Å². The third-order valence-corrected chi connectivity index (χ3v) is 7.54. The number of hydrogen-bond acceptors (Lipinski definition) is 8. The minimum absolute atomic E-state index is 0.00704. The topological polar surface area (TPSA) is 138 Å². The number of pyridine rings is 1. The minimum atomic E-state index is -6.11. The van der Waals surface area contributed by atoms with E-state index < -0.39 is 65.6 Å². The molecule has 16 heteroatoms. The molecule has 0 saturated carbocycles. The number of aromatic nitrogens is 1. The van der Waals surface area contributed by atoms with Gasteiger partial charge < -0.3 is 15.0 Å². The average Bonchev–Trinajstić information content (AvgIpc) is 3.44. The number of Topliss-reactive ketones (excluding diaryl/α,β-unsaturated/α-hetero) is 1. The van der Waals surface area contributed by atoms with Crippen molar-refractivity contribution in [3.8, 4) is 0 Å². The number of hydrogen-bond donors (Lipinski definition) is 2. The second-order valence-corrected chi connectivity index (χ2v) is 11.4. The maximum absolute atomic E-state index is 14.0. The number of alkyl halides is 5. The average molecular weight is 634 g/mol. The van der Waals surface area contributed by atoms with Crippen molar-refractivity contribution in [1.29, 1.82) is 0 Å². The molecular weight excluding hydrogens is 597 g/mol. The number of imide groups is 1. The summed E-state index contributed by atoms with van der Waals surface area (Å²) in [7, 11) is 0. The van der Waals surface area contributed by atoms with Crippen LogP contribution < -0.4 is 10.6 Å². The van der Waals surface area contributed by atoms with Crippen molar-refractivity contribution in [3.05, 3.63) is 29.6 Å². The second-order valence-electron chi connectivity index (χ2n) is 11.4. The van der Waals surface area contributed by atoms with E-state index in [2.05, 4.69) is 15.6 Å². The quantitative estimate of drug-likeness (QED) is 0.375. The van der Waals surface area contributed by atoms with Crippen LogP contribution >= 0.6 is 0 Å². The van der Waals surface area contributed by atoms with Crippen LogP contribution in [0.25, 0.3) is 0 Å². The Hall–Kier alpha value is -3.53. The number of ketones is 1. The molecule has 2 aliphatic rings. The van der Waals surface area contributed by atoms with Crippen LogP contribution in [0.15, 0.2) is 18.3 Å². The Bertz CT molecular complexity index is 1230. The fourth-order valence-electron chi connectivity index (χ4n) is 5.19. The smallest absolute Gasteiger partial charge is 0.378 e. The molecule has 3 heterocycles. The zero-order chi connectivity index (χ0) is 33.0. The highest BCUT2D eigenvalue weighted by atomic mass is 19.4. The van der Waals surface area contributed by atoms with Crippen molar-refractivity contribution in [2.24, 2.45) is 11.8 Å². The molecule has 44 heavy (non-hydrogen) atoms. The zero-order valence-electron chi connectivity index (χ0n) is 24.7. The van der Waals surface area contributed by atoms with E-state index in [1.807, 2.05) is 0 Å². The molecule has 0 aromatic carbocycles. The summed E-state index contributed by atoms with van der Waals surface area (Å²) in [4.78, 5) is 70.8. The van der Waals surface area contributed by atoms with Crippen LogP contribution in [0.2, 0.25) is 0 Å². The van der Waals surface area contributed by atoms with Gasteiger partial charge >= 0.3 is 12.1 Å². The molecule has 0 aliphatic carbocycles. The van der Waals surface area contributed by atoms with E-state index in [1.165, 1.54) is 32.2 Å². The number of carbonyl (C=O) groups excluding carboxylic acids is 5. The number of carbonyl (C=O) groups is 5. The Balaban J connectivity index is 1.69. The van der Waals surface area contributed by atoms with E-state index in [4.69, 9.17) is 4.74 Å². The number of morpholine rings is 1. The van der Waals surface area contributed by atoms with Gasteiger partial charge in [0, 0.05) is 19.3 Å². The first-order valence-corrected chi connectivity index (χ1v) is 14.2. The molecule has 3 rings (SSSR count). The van der Waals surface area contributed by atoms with Gasteiger partial charge in [0.2, 0.25) is 17.6 Å². The van der Waals surface area contributed by atoms with Crippen LogP contribution in [-0.2, 0) is 19.1 Å². The van der Waals surface area contributed by atoms with Crippen LogP contribution in [0.3, 0.4) is 0 Å². The van der Waals surface area contributed by atoms with Crippen LogP contribution in [0.4, 0.5) is 22.0 Å². The number of amides is 4. The molecule has 2 fully saturated rings. The third kappa shape index (κ3) is 7.75. The summed E-state index contributed by atoms with van der Waals surface area (Å²) in [5, 5.41) is 4.62. The van der Waals surface area contributed by atoms with E-state index in [1.54, 1.807) is 18.7 Å². The van der Waals surface area contributed by atoms with E-state index in [0.717, 1.165) is 4.90 Å². The Morgan fingerprint density at radius 2 is 1.59 bits per heavy atom. The summed E-state index contributed by atoms with van der Waals surface area (Å²) in [5.74, 6) is -12.5. The molecule has 2 saturated heterocycles. The molecule has 1 aromatic heterocycles. The molecule has 0 spiro atoms. The standard InChI is InChI=1S/C28H36F5N5O6/c1-15(2)20(35-23(40)17-7-8-18(34-14-17)26(43)37-10-12-44-13-11-37)25(42)36-24(41)19-6-5-9-38(19)21(16(3)4)22(39)27(29,30)28(31,32)33/h7-8,14-16,19-21H,5-6,9-13H2,1-4H3,(H,35,40)(H,36,41,42)/t19-,20-,21?/m0/s1. The van der Waals surface area contributed by atoms with Gasteiger partial charge in [-0.3, -0.25) is 39.2 Å². The molecule has 11 nitrogen and oxygen atoms in total. The second kappa shape index (κ2) is 14.1. The summed E-state index contributed by atoms with van der Waals surface area (Å²) in [6.45, 7) is 7.25. The molecule has 1 unspecified atom stereocenters. The van der Waals surface area contributed by atoms with Gasteiger partial charge in [0.25, 0.3) is 11.8 Å². The molecule has 0 radical (unpaired) electrons. The summed E-state index contributed by atoms with van der Waals surface area (Å²) in [5.41, 5.74) is 0.138. The van der Waals surface area contributed by atoms with Crippen molar-refractivity contribution < 1.29 is 50.7 Å². The van der Waals surface area contributed by atoms with E-state index >= 15 is 0 Å². The summed E-state index contributed by atoms with van der Waals surface area (Å²) < 4.78 is 72.2. The van der Waals surface area contributed by atoms with Gasteiger partial charge in [0.1, 0.15) is 11.7 Å². The van der Waals surface area contributed by atoms with Crippen LogP contribution in [0.1, 0.15) is 61.4 Å². The largest absolute Gasteiger partial charge is 0.461 e. The SMILES string of the molecule is CC(C)C(C(=O)C(F)(F)C(F)(F)F)N1CCC[C@H]1C(=O)NC(=O)[C@@H](NC(=O)c1ccc(C(=O)N2CCOCC2)nc1)C(C)C.